The third kappa shape index (κ3) is 7.49. The Hall–Kier alpha value is -0.666. The van der Waals surface area contributed by atoms with Gasteiger partial charge in [0.25, 0.3) is 0 Å². The lowest BCUT2D eigenvalue weighted by Gasteiger charge is -2.36. The van der Waals surface area contributed by atoms with E-state index in [0.29, 0.717) is 12.1 Å². The van der Waals surface area contributed by atoms with Gasteiger partial charge in [0, 0.05) is 0 Å². The van der Waals surface area contributed by atoms with Gasteiger partial charge in [-0.1, -0.05) is 13.8 Å². The predicted octanol–water partition coefficient (Wildman–Crippen LogP) is 2.85. The summed E-state index contributed by atoms with van der Waals surface area (Å²) in [5.74, 6) is -2.68. The zero-order valence-corrected chi connectivity index (χ0v) is 14.7. The Morgan fingerprint density at radius 2 is 1.26 bits per heavy atom. The minimum absolute atomic E-state index is 0.463. The fourth-order valence-corrected chi connectivity index (χ4v) is 12.1. The van der Waals surface area contributed by atoms with E-state index in [1.807, 2.05) is 6.55 Å². The predicted molar refractivity (Wildman–Crippen MR) is 79.3 cm³/mol. The summed E-state index contributed by atoms with van der Waals surface area (Å²) in [5.41, 5.74) is 0. The maximum absolute atomic E-state index is 11.0. The highest BCUT2D eigenvalue weighted by molar-refractivity contribution is 6.85. The summed E-state index contributed by atoms with van der Waals surface area (Å²) in [6.07, 6.45) is 0. The summed E-state index contributed by atoms with van der Waals surface area (Å²) in [6.45, 7) is 11.4. The molecule has 0 aliphatic rings. The molecule has 0 aromatic heterocycles. The molecule has 0 amide bonds. The molecule has 0 aliphatic heterocycles. The van der Waals surface area contributed by atoms with Crippen LogP contribution in [0, 0.1) is 11.8 Å². The summed E-state index contributed by atoms with van der Waals surface area (Å²) >= 11 is 0. The van der Waals surface area contributed by atoms with E-state index in [0.717, 1.165) is 0 Å². The van der Waals surface area contributed by atoms with Crippen LogP contribution < -0.4 is 0 Å². The van der Waals surface area contributed by atoms with Crippen LogP contribution in [0.4, 0.5) is 0 Å². The molecule has 7 heteroatoms. The summed E-state index contributed by atoms with van der Waals surface area (Å²) < 4.78 is 6.22. The van der Waals surface area contributed by atoms with Crippen LogP contribution in [0.3, 0.4) is 0 Å². The first kappa shape index (κ1) is 18.3. The molecular weight excluding hydrogens is 280 g/mol. The Balaban J connectivity index is 5.01. The minimum atomic E-state index is -2.34. The highest BCUT2D eigenvalue weighted by Crippen LogP contribution is 2.30. The average Bonchev–Trinajstić information content (AvgIpc) is 2.12. The number of carbonyl (C=O) groups is 2. The van der Waals surface area contributed by atoms with Crippen molar-refractivity contribution in [2.45, 2.75) is 52.1 Å². The third-order valence-electron chi connectivity index (χ3n) is 2.87. The fraction of sp³-hybridized carbons (Fsp3) is 0.833. The molecule has 0 fully saturated rings. The first-order valence-corrected chi connectivity index (χ1v) is 12.8. The second-order valence-electron chi connectivity index (χ2n) is 6.55. The quantitative estimate of drug-likeness (QED) is 0.674. The molecule has 0 aliphatic carbocycles. The molecule has 0 aromatic carbocycles. The molecule has 2 atom stereocenters. The minimum Gasteiger partial charge on any atom is -0.481 e. The van der Waals surface area contributed by atoms with Gasteiger partial charge < -0.3 is 14.3 Å². The second kappa shape index (κ2) is 6.67. The maximum atomic E-state index is 11.0. The molecule has 0 radical (unpaired) electrons. The molecule has 112 valence electrons. The lowest BCUT2D eigenvalue weighted by molar-refractivity contribution is -0.141. The van der Waals surface area contributed by atoms with E-state index < -0.39 is 40.4 Å². The largest absolute Gasteiger partial charge is 0.481 e. The third-order valence-corrected chi connectivity index (χ3v) is 10.2. The monoisotopic (exact) mass is 306 g/mol. The smallest absolute Gasteiger partial charge is 0.306 e. The second-order valence-corrected chi connectivity index (χ2v) is 15.3. The Morgan fingerprint density at radius 1 is 0.947 bits per heavy atom. The molecular formula is C12H26O5Si2. The maximum Gasteiger partial charge on any atom is 0.306 e. The molecule has 5 nitrogen and oxygen atoms in total. The van der Waals surface area contributed by atoms with Crippen molar-refractivity contribution >= 4 is 28.6 Å². The van der Waals surface area contributed by atoms with Crippen molar-refractivity contribution in [1.29, 1.82) is 0 Å². The SMILES string of the molecule is CC(C[Si](C)(CC(C)C(=O)O)O[Si](C)(C)C)C(=O)O. The Labute approximate surface area is 117 Å². The topological polar surface area (TPSA) is 83.8 Å². The van der Waals surface area contributed by atoms with E-state index >= 15 is 0 Å². The summed E-state index contributed by atoms with van der Waals surface area (Å²) in [4.78, 5) is 22.0. The zero-order chi connectivity index (χ0) is 15.4. The van der Waals surface area contributed by atoms with Gasteiger partial charge in [0.15, 0.2) is 16.6 Å². The van der Waals surface area contributed by atoms with Crippen LogP contribution in [0.15, 0.2) is 0 Å². The van der Waals surface area contributed by atoms with Crippen LogP contribution in [0.25, 0.3) is 0 Å². The molecule has 0 spiro atoms. The van der Waals surface area contributed by atoms with Crippen LogP contribution >= 0.6 is 0 Å². The number of rotatable bonds is 8. The normalized spacial score (nSPS) is 18.4. The molecule has 2 unspecified atom stereocenters. The van der Waals surface area contributed by atoms with Gasteiger partial charge >= 0.3 is 11.9 Å². The Kier molecular flexibility index (Phi) is 6.43. The Bertz CT molecular complexity index is 316. The van der Waals surface area contributed by atoms with Crippen molar-refractivity contribution < 1.29 is 23.9 Å². The van der Waals surface area contributed by atoms with Crippen LogP contribution in [0.1, 0.15) is 13.8 Å². The van der Waals surface area contributed by atoms with Crippen LogP contribution in [0.5, 0.6) is 0 Å². The molecule has 0 aromatic rings. The summed E-state index contributed by atoms with van der Waals surface area (Å²) in [6, 6.07) is 0.925. The average molecular weight is 307 g/mol. The van der Waals surface area contributed by atoms with Gasteiger partial charge in [-0.2, -0.15) is 0 Å². The van der Waals surface area contributed by atoms with E-state index in [1.165, 1.54) is 0 Å². The highest BCUT2D eigenvalue weighted by atomic mass is 28.4. The van der Waals surface area contributed by atoms with Gasteiger partial charge in [0.05, 0.1) is 11.8 Å². The summed E-state index contributed by atoms with van der Waals surface area (Å²) in [7, 11) is -4.16. The molecule has 0 bridgehead atoms. The van der Waals surface area contributed by atoms with Gasteiger partial charge in [-0.25, -0.2) is 0 Å². The zero-order valence-electron chi connectivity index (χ0n) is 12.7. The molecule has 0 saturated carbocycles. The molecule has 19 heavy (non-hydrogen) atoms. The molecule has 0 rings (SSSR count). The lowest BCUT2D eigenvalue weighted by atomic mass is 10.2. The van der Waals surface area contributed by atoms with Crippen molar-refractivity contribution in [2.75, 3.05) is 0 Å². The van der Waals surface area contributed by atoms with Gasteiger partial charge in [-0.3, -0.25) is 9.59 Å². The number of hydrogen-bond donors (Lipinski definition) is 2. The number of carboxylic acids is 2. The molecule has 0 saturated heterocycles. The first-order valence-electron chi connectivity index (χ1n) is 6.52. The summed E-state index contributed by atoms with van der Waals surface area (Å²) in [5, 5.41) is 18.1. The van der Waals surface area contributed by atoms with Crippen LogP contribution in [-0.2, 0) is 13.7 Å². The Morgan fingerprint density at radius 3 is 1.47 bits per heavy atom. The lowest BCUT2D eigenvalue weighted by Crippen LogP contribution is -2.47. The molecule has 0 heterocycles. The van der Waals surface area contributed by atoms with Crippen molar-refractivity contribution in [2.24, 2.45) is 11.8 Å². The van der Waals surface area contributed by atoms with E-state index in [4.69, 9.17) is 14.3 Å². The number of hydrogen-bond acceptors (Lipinski definition) is 3. The van der Waals surface area contributed by atoms with Gasteiger partial charge in [0.1, 0.15) is 0 Å². The van der Waals surface area contributed by atoms with E-state index in [1.54, 1.807) is 13.8 Å². The van der Waals surface area contributed by atoms with Crippen molar-refractivity contribution in [3.05, 3.63) is 0 Å². The van der Waals surface area contributed by atoms with Crippen molar-refractivity contribution in [3.8, 4) is 0 Å². The van der Waals surface area contributed by atoms with E-state index in [9.17, 15) is 9.59 Å². The van der Waals surface area contributed by atoms with E-state index in [2.05, 4.69) is 19.6 Å². The van der Waals surface area contributed by atoms with Gasteiger partial charge in [-0.05, 0) is 38.3 Å². The van der Waals surface area contributed by atoms with Gasteiger partial charge in [0.2, 0.25) is 0 Å². The first-order chi connectivity index (χ1) is 8.36. The van der Waals surface area contributed by atoms with E-state index in [-0.39, 0.29) is 0 Å². The highest BCUT2D eigenvalue weighted by Gasteiger charge is 2.39. The van der Waals surface area contributed by atoms with Gasteiger partial charge in [-0.15, -0.1) is 0 Å². The number of carboxylic acid groups (broad SMARTS) is 2. The van der Waals surface area contributed by atoms with Crippen molar-refractivity contribution in [3.63, 3.8) is 0 Å². The standard InChI is InChI=1S/C12H26O5Si2/c1-9(11(13)14)7-19(6,17-18(3,4)5)8-10(2)12(15)16/h9-10H,7-8H2,1-6H3,(H,13,14)(H,15,16). The molecule has 2 N–H and O–H groups in total. The van der Waals surface area contributed by atoms with Crippen LogP contribution in [0.2, 0.25) is 38.3 Å². The number of aliphatic carboxylic acids is 2. The van der Waals surface area contributed by atoms with Crippen molar-refractivity contribution in [1.82, 2.24) is 0 Å². The van der Waals surface area contributed by atoms with Crippen LogP contribution in [-0.4, -0.2) is 38.8 Å². The fourth-order valence-electron chi connectivity index (χ4n) is 2.38.